The first kappa shape index (κ1) is 17.3. The van der Waals surface area contributed by atoms with Crippen molar-refractivity contribution in [1.82, 2.24) is 4.90 Å². The molecule has 0 aliphatic carbocycles. The molecule has 0 aromatic heterocycles. The Morgan fingerprint density at radius 2 is 2.00 bits per heavy atom. The third-order valence-electron chi connectivity index (χ3n) is 3.33. The zero-order chi connectivity index (χ0) is 17.1. The molecule has 0 saturated carbocycles. The van der Waals surface area contributed by atoms with Gasteiger partial charge in [0.2, 0.25) is 0 Å². The molecule has 126 valence electrons. The van der Waals surface area contributed by atoms with Gasteiger partial charge in [-0.2, -0.15) is 0 Å². The number of rotatable bonds is 4. The Balaban J connectivity index is 2.43. The maximum atomic E-state index is 13.5. The Kier molecular flexibility index (Phi) is 5.30. The highest BCUT2D eigenvalue weighted by atomic mass is 19.2. The topological polar surface area (TPSA) is 45.1 Å². The molecule has 0 saturated heterocycles. The van der Waals surface area contributed by atoms with E-state index in [0.717, 1.165) is 17.7 Å². The van der Waals surface area contributed by atoms with E-state index < -0.39 is 29.6 Å². The molecule has 7 heteroatoms. The minimum absolute atomic E-state index is 0.0390. The molecule has 1 heterocycles. The molecule has 1 aliphatic rings. The molecule has 2 unspecified atom stereocenters. The number of hydrogen-bond donors (Lipinski definition) is 1. The largest absolute Gasteiger partial charge is 0.392 e. The number of benzene rings is 1. The van der Waals surface area contributed by atoms with Gasteiger partial charge in [-0.1, -0.05) is 10.7 Å². The highest BCUT2D eigenvalue weighted by Gasteiger charge is 2.30. The van der Waals surface area contributed by atoms with Crippen molar-refractivity contribution in [3.63, 3.8) is 0 Å². The normalized spacial score (nSPS) is 19.0. The second-order valence-electron chi connectivity index (χ2n) is 5.78. The van der Waals surface area contributed by atoms with Crippen LogP contribution in [0.5, 0.6) is 0 Å². The Labute approximate surface area is 132 Å². The molecule has 0 spiro atoms. The van der Waals surface area contributed by atoms with Crippen LogP contribution in [0.15, 0.2) is 28.9 Å². The molecule has 0 amide bonds. The number of allylic oxidation sites excluding steroid dienone is 1. The van der Waals surface area contributed by atoms with Gasteiger partial charge in [-0.25, -0.2) is 13.2 Å². The second-order valence-corrected chi connectivity index (χ2v) is 5.78. The van der Waals surface area contributed by atoms with Crippen LogP contribution in [-0.4, -0.2) is 35.1 Å². The number of halogens is 3. The first-order valence-electron chi connectivity index (χ1n) is 7.23. The summed E-state index contributed by atoms with van der Waals surface area (Å²) in [6.45, 7) is 5.56. The fourth-order valence-corrected chi connectivity index (χ4v) is 2.39. The Morgan fingerprint density at radius 1 is 1.39 bits per heavy atom. The molecule has 0 radical (unpaired) electrons. The number of amidine groups is 1. The average molecular weight is 328 g/mol. The fraction of sp³-hybridized carbons (Fsp3) is 0.438. The van der Waals surface area contributed by atoms with E-state index in [1.165, 1.54) is 0 Å². The molecule has 1 N–H and O–H groups in total. The van der Waals surface area contributed by atoms with Crippen molar-refractivity contribution in [3.8, 4) is 0 Å². The van der Waals surface area contributed by atoms with Gasteiger partial charge in [0, 0.05) is 6.54 Å². The van der Waals surface area contributed by atoms with Crippen LogP contribution in [0.25, 0.3) is 0 Å². The number of nitrogens with zero attached hydrogens (tertiary/aromatic N) is 2. The summed E-state index contributed by atoms with van der Waals surface area (Å²) in [5.74, 6) is -3.59. The van der Waals surface area contributed by atoms with Gasteiger partial charge < -0.3 is 14.8 Å². The van der Waals surface area contributed by atoms with Crippen LogP contribution in [0.4, 0.5) is 13.2 Å². The molecule has 2 rings (SSSR count). The molecular weight excluding hydrogens is 309 g/mol. The predicted octanol–water partition coefficient (Wildman–Crippen LogP) is 3.14. The van der Waals surface area contributed by atoms with E-state index in [9.17, 15) is 18.3 Å². The maximum absolute atomic E-state index is 13.5. The summed E-state index contributed by atoms with van der Waals surface area (Å²) in [5, 5.41) is 13.6. The minimum atomic E-state index is -1.51. The molecule has 1 aliphatic heterocycles. The van der Waals surface area contributed by atoms with Gasteiger partial charge >= 0.3 is 0 Å². The first-order valence-corrected chi connectivity index (χ1v) is 7.23. The van der Waals surface area contributed by atoms with Crippen molar-refractivity contribution < 1.29 is 23.1 Å². The Hall–Kier alpha value is -2.02. The highest BCUT2D eigenvalue weighted by Crippen LogP contribution is 2.28. The summed E-state index contributed by atoms with van der Waals surface area (Å²) in [5.41, 5.74) is 1.16. The van der Waals surface area contributed by atoms with Gasteiger partial charge in [0.15, 0.2) is 23.3 Å². The van der Waals surface area contributed by atoms with Crippen LogP contribution in [0.3, 0.4) is 0 Å². The number of aliphatic hydroxyl groups excluding tert-OH is 1. The van der Waals surface area contributed by atoms with E-state index >= 15 is 0 Å². The molecule has 1 aromatic carbocycles. The standard InChI is InChI=1S/C16H19F3N2O2/c1-9(2)4-15-20-23-8-14(21(15)7-10(3)22)11-5-12(17)16(19)13(18)6-11/h4-6,10,14,22H,7-8H2,1-3H3. The summed E-state index contributed by atoms with van der Waals surface area (Å²) < 4.78 is 40.2. The second kappa shape index (κ2) is 7.04. The lowest BCUT2D eigenvalue weighted by atomic mass is 10.0. The van der Waals surface area contributed by atoms with Gasteiger partial charge in [0.1, 0.15) is 6.61 Å². The lowest BCUT2D eigenvalue weighted by Gasteiger charge is -2.36. The van der Waals surface area contributed by atoms with Crippen LogP contribution in [-0.2, 0) is 4.84 Å². The molecule has 1 aromatic rings. The van der Waals surface area contributed by atoms with Crippen LogP contribution >= 0.6 is 0 Å². The van der Waals surface area contributed by atoms with Crippen LogP contribution in [0.1, 0.15) is 32.4 Å². The van der Waals surface area contributed by atoms with E-state index in [0.29, 0.717) is 5.84 Å². The van der Waals surface area contributed by atoms with Crippen LogP contribution < -0.4 is 0 Å². The highest BCUT2D eigenvalue weighted by molar-refractivity contribution is 5.93. The molecule has 2 atom stereocenters. The van der Waals surface area contributed by atoms with Gasteiger partial charge in [-0.05, 0) is 44.5 Å². The van der Waals surface area contributed by atoms with Crippen molar-refractivity contribution in [3.05, 3.63) is 46.8 Å². The quantitative estimate of drug-likeness (QED) is 0.864. The van der Waals surface area contributed by atoms with E-state index in [1.807, 2.05) is 13.8 Å². The zero-order valence-corrected chi connectivity index (χ0v) is 13.2. The summed E-state index contributed by atoms with van der Waals surface area (Å²) in [7, 11) is 0. The van der Waals surface area contributed by atoms with E-state index in [1.54, 1.807) is 17.9 Å². The smallest absolute Gasteiger partial charge is 0.194 e. The summed E-state index contributed by atoms with van der Waals surface area (Å²) in [6.07, 6.45) is 1.05. The molecular formula is C16H19F3N2O2. The fourth-order valence-electron chi connectivity index (χ4n) is 2.39. The summed E-state index contributed by atoms with van der Waals surface area (Å²) in [4.78, 5) is 6.84. The molecule has 0 fully saturated rings. The van der Waals surface area contributed by atoms with Crippen molar-refractivity contribution in [2.45, 2.75) is 32.9 Å². The van der Waals surface area contributed by atoms with E-state index in [-0.39, 0.29) is 18.7 Å². The summed E-state index contributed by atoms with van der Waals surface area (Å²) in [6, 6.07) is 1.29. The molecule has 4 nitrogen and oxygen atoms in total. The Morgan fingerprint density at radius 3 is 2.52 bits per heavy atom. The van der Waals surface area contributed by atoms with Gasteiger partial charge in [-0.15, -0.1) is 0 Å². The van der Waals surface area contributed by atoms with Crippen LogP contribution in [0, 0.1) is 17.5 Å². The monoisotopic (exact) mass is 328 g/mol. The zero-order valence-electron chi connectivity index (χ0n) is 13.2. The number of β-amino-alcohol motifs (C(OH)–C–C–N with tert-alkyl or cyclic N) is 1. The van der Waals surface area contributed by atoms with Gasteiger partial charge in [-0.3, -0.25) is 0 Å². The minimum Gasteiger partial charge on any atom is -0.392 e. The number of oxime groups is 1. The van der Waals surface area contributed by atoms with Gasteiger partial charge in [0.05, 0.1) is 12.1 Å². The average Bonchev–Trinajstić information content (AvgIpc) is 2.45. The Bertz CT molecular complexity index is 617. The first-order chi connectivity index (χ1) is 10.8. The van der Waals surface area contributed by atoms with Crippen molar-refractivity contribution in [2.24, 2.45) is 5.16 Å². The van der Waals surface area contributed by atoms with Crippen molar-refractivity contribution in [1.29, 1.82) is 0 Å². The third kappa shape index (κ3) is 4.04. The predicted molar refractivity (Wildman–Crippen MR) is 80.3 cm³/mol. The number of hydrogen-bond acceptors (Lipinski definition) is 4. The third-order valence-corrected chi connectivity index (χ3v) is 3.33. The lowest BCUT2D eigenvalue weighted by Crippen LogP contribution is -2.43. The van der Waals surface area contributed by atoms with Crippen molar-refractivity contribution in [2.75, 3.05) is 13.2 Å². The van der Waals surface area contributed by atoms with Crippen LogP contribution in [0.2, 0.25) is 0 Å². The lowest BCUT2D eigenvalue weighted by molar-refractivity contribution is 0.0433. The maximum Gasteiger partial charge on any atom is 0.194 e. The SMILES string of the molecule is CC(C)=CC1=NOCC(c2cc(F)c(F)c(F)c2)N1CC(C)O. The van der Waals surface area contributed by atoms with Crippen molar-refractivity contribution >= 4 is 5.84 Å². The van der Waals surface area contributed by atoms with E-state index in [4.69, 9.17) is 4.84 Å². The van der Waals surface area contributed by atoms with E-state index in [2.05, 4.69) is 5.16 Å². The molecule has 0 bridgehead atoms. The number of aliphatic hydroxyl groups is 1. The molecule has 23 heavy (non-hydrogen) atoms. The summed E-state index contributed by atoms with van der Waals surface area (Å²) >= 11 is 0. The van der Waals surface area contributed by atoms with Gasteiger partial charge in [0.25, 0.3) is 0 Å².